The van der Waals surface area contributed by atoms with E-state index < -0.39 is 17.5 Å². The number of carbonyl (C=O) groups excluding carboxylic acids is 1. The largest absolute Gasteiger partial charge is 0.478 e. The number of aliphatic carboxylic acids is 1. The van der Waals surface area contributed by atoms with Crippen LogP contribution in [0.3, 0.4) is 0 Å². The summed E-state index contributed by atoms with van der Waals surface area (Å²) in [7, 11) is 0. The molecule has 1 saturated carbocycles. The van der Waals surface area contributed by atoms with E-state index >= 15 is 0 Å². The second-order valence-corrected chi connectivity index (χ2v) is 4.82. The molecule has 0 aromatic rings. The second kappa shape index (κ2) is 5.82. The summed E-state index contributed by atoms with van der Waals surface area (Å²) in [5, 5.41) is 21.1. The molecule has 0 aromatic carbocycles. The molecule has 1 aliphatic rings. The molecule has 1 aliphatic carbocycles. The van der Waals surface area contributed by atoms with Gasteiger partial charge in [0.15, 0.2) is 0 Å². The summed E-state index contributed by atoms with van der Waals surface area (Å²) in [6, 6.07) is 0. The van der Waals surface area contributed by atoms with Crippen LogP contribution >= 0.6 is 0 Å². The first kappa shape index (κ1) is 13.7. The fourth-order valence-electron chi connectivity index (χ4n) is 2.25. The summed E-state index contributed by atoms with van der Waals surface area (Å²) in [5.74, 6) is -1.19. The van der Waals surface area contributed by atoms with Gasteiger partial charge in [-0.25, -0.2) is 4.79 Å². The van der Waals surface area contributed by atoms with Crippen LogP contribution in [0.4, 0.5) is 0 Å². The molecule has 0 radical (unpaired) electrons. The Morgan fingerprint density at radius 3 is 2.76 bits per heavy atom. The summed E-state index contributed by atoms with van der Waals surface area (Å²) >= 11 is 0. The number of hydrogen-bond donors (Lipinski definition) is 3. The molecule has 0 saturated heterocycles. The predicted molar refractivity (Wildman–Crippen MR) is 62.4 cm³/mol. The molecule has 3 N–H and O–H groups in total. The quantitative estimate of drug-likeness (QED) is 0.632. The summed E-state index contributed by atoms with van der Waals surface area (Å²) < 4.78 is 0. The number of nitrogens with one attached hydrogen (secondary N) is 1. The van der Waals surface area contributed by atoms with Crippen LogP contribution < -0.4 is 5.32 Å². The van der Waals surface area contributed by atoms with Crippen LogP contribution in [0.15, 0.2) is 12.2 Å². The Balaban J connectivity index is 2.39. The molecule has 2 atom stereocenters. The van der Waals surface area contributed by atoms with Gasteiger partial charge in [0.2, 0.25) is 5.91 Å². The third kappa shape index (κ3) is 4.99. The summed E-state index contributed by atoms with van der Waals surface area (Å²) in [6.07, 6.45) is 5.16. The van der Waals surface area contributed by atoms with E-state index in [9.17, 15) is 14.7 Å². The number of hydrogen-bond acceptors (Lipinski definition) is 3. The van der Waals surface area contributed by atoms with Crippen molar-refractivity contribution in [3.8, 4) is 0 Å². The van der Waals surface area contributed by atoms with Crippen molar-refractivity contribution in [2.24, 2.45) is 5.92 Å². The minimum absolute atomic E-state index is 0.181. The zero-order valence-electron chi connectivity index (χ0n) is 9.98. The first-order chi connectivity index (χ1) is 7.91. The first-order valence-corrected chi connectivity index (χ1v) is 5.82. The number of carboxylic acid groups (broad SMARTS) is 1. The van der Waals surface area contributed by atoms with E-state index in [0.717, 1.165) is 25.0 Å². The van der Waals surface area contributed by atoms with Gasteiger partial charge >= 0.3 is 5.97 Å². The molecule has 2 unspecified atom stereocenters. The molecule has 0 aliphatic heterocycles. The maximum absolute atomic E-state index is 11.2. The highest BCUT2D eigenvalue weighted by molar-refractivity contribution is 5.93. The number of carboxylic acids is 1. The molecule has 5 heteroatoms. The molecular formula is C12H19NO4. The summed E-state index contributed by atoms with van der Waals surface area (Å²) in [4.78, 5) is 21.4. The Bertz CT molecular complexity index is 326. The molecule has 96 valence electrons. The van der Waals surface area contributed by atoms with Crippen molar-refractivity contribution in [1.82, 2.24) is 5.32 Å². The van der Waals surface area contributed by atoms with E-state index in [0.29, 0.717) is 18.8 Å². The highest BCUT2D eigenvalue weighted by Crippen LogP contribution is 2.31. The molecular weight excluding hydrogens is 222 g/mol. The average molecular weight is 241 g/mol. The molecule has 1 fully saturated rings. The van der Waals surface area contributed by atoms with Crippen molar-refractivity contribution in [1.29, 1.82) is 0 Å². The minimum Gasteiger partial charge on any atom is -0.478 e. The van der Waals surface area contributed by atoms with Crippen molar-refractivity contribution in [2.75, 3.05) is 6.54 Å². The molecule has 0 heterocycles. The fourth-order valence-corrected chi connectivity index (χ4v) is 2.25. The lowest BCUT2D eigenvalue weighted by molar-refractivity contribution is -0.131. The molecule has 0 aromatic heterocycles. The van der Waals surface area contributed by atoms with Gasteiger partial charge in [-0.3, -0.25) is 4.79 Å². The molecule has 0 spiro atoms. The third-order valence-corrected chi connectivity index (χ3v) is 3.04. The van der Waals surface area contributed by atoms with Crippen molar-refractivity contribution in [3.63, 3.8) is 0 Å². The predicted octanol–water partition coefficient (Wildman–Crippen LogP) is 0.685. The van der Waals surface area contributed by atoms with Crippen molar-refractivity contribution >= 4 is 11.9 Å². The van der Waals surface area contributed by atoms with Crippen LogP contribution in [0, 0.1) is 5.92 Å². The Labute approximate surface area is 101 Å². The van der Waals surface area contributed by atoms with Gasteiger partial charge in [-0.15, -0.1) is 0 Å². The van der Waals surface area contributed by atoms with Crippen molar-refractivity contribution < 1.29 is 19.8 Å². The van der Waals surface area contributed by atoms with Crippen LogP contribution in [0.25, 0.3) is 0 Å². The molecule has 1 rings (SSSR count). The standard InChI is InChI=1S/C12H19NO4/c1-9-3-2-6-12(17,7-9)8-13-10(14)4-5-11(15)16/h4-5,9,17H,2-3,6-8H2,1H3,(H,13,14)(H,15,16). The highest BCUT2D eigenvalue weighted by Gasteiger charge is 2.32. The van der Waals surface area contributed by atoms with Gasteiger partial charge in [0.25, 0.3) is 0 Å². The maximum atomic E-state index is 11.2. The normalized spacial score (nSPS) is 29.2. The average Bonchev–Trinajstić information content (AvgIpc) is 2.23. The van der Waals surface area contributed by atoms with Crippen LogP contribution in [0.5, 0.6) is 0 Å². The van der Waals surface area contributed by atoms with E-state index in [1.54, 1.807) is 0 Å². The van der Waals surface area contributed by atoms with Gasteiger partial charge in [-0.05, 0) is 18.8 Å². The van der Waals surface area contributed by atoms with Crippen LogP contribution in [-0.2, 0) is 9.59 Å². The molecule has 5 nitrogen and oxygen atoms in total. The van der Waals surface area contributed by atoms with E-state index in [1.165, 1.54) is 0 Å². The molecule has 0 bridgehead atoms. The Kier molecular flexibility index (Phi) is 4.69. The van der Waals surface area contributed by atoms with E-state index in [2.05, 4.69) is 12.2 Å². The number of amides is 1. The maximum Gasteiger partial charge on any atom is 0.328 e. The van der Waals surface area contributed by atoms with E-state index in [4.69, 9.17) is 5.11 Å². The molecule has 1 amide bonds. The van der Waals surface area contributed by atoms with Gasteiger partial charge in [-0.2, -0.15) is 0 Å². The zero-order valence-corrected chi connectivity index (χ0v) is 9.98. The number of rotatable bonds is 4. The van der Waals surface area contributed by atoms with Crippen LogP contribution in [0.1, 0.15) is 32.6 Å². The summed E-state index contributed by atoms with van der Waals surface area (Å²) in [5.41, 5.74) is -0.843. The fraction of sp³-hybridized carbons (Fsp3) is 0.667. The monoisotopic (exact) mass is 241 g/mol. The van der Waals surface area contributed by atoms with E-state index in [1.807, 2.05) is 0 Å². The molecule has 17 heavy (non-hydrogen) atoms. The Morgan fingerprint density at radius 1 is 1.47 bits per heavy atom. The van der Waals surface area contributed by atoms with Crippen molar-refractivity contribution in [2.45, 2.75) is 38.2 Å². The SMILES string of the molecule is CC1CCCC(O)(CNC(=O)C=CC(=O)O)C1. The van der Waals surface area contributed by atoms with Gasteiger partial charge in [0.1, 0.15) is 0 Å². The lowest BCUT2D eigenvalue weighted by Gasteiger charge is -2.35. The van der Waals surface area contributed by atoms with Crippen molar-refractivity contribution in [3.05, 3.63) is 12.2 Å². The van der Waals surface area contributed by atoms with Gasteiger partial charge in [0.05, 0.1) is 5.60 Å². The summed E-state index contributed by atoms with van der Waals surface area (Å²) in [6.45, 7) is 2.26. The van der Waals surface area contributed by atoms with Crippen LogP contribution in [-0.4, -0.2) is 34.2 Å². The lowest BCUT2D eigenvalue weighted by Crippen LogP contribution is -2.45. The third-order valence-electron chi connectivity index (χ3n) is 3.04. The first-order valence-electron chi connectivity index (χ1n) is 5.82. The number of carbonyl (C=O) groups is 2. The minimum atomic E-state index is -1.16. The zero-order chi connectivity index (χ0) is 12.9. The Morgan fingerprint density at radius 2 is 2.18 bits per heavy atom. The highest BCUT2D eigenvalue weighted by atomic mass is 16.4. The Hall–Kier alpha value is -1.36. The number of aliphatic hydroxyl groups is 1. The lowest BCUT2D eigenvalue weighted by atomic mass is 9.79. The second-order valence-electron chi connectivity index (χ2n) is 4.82. The van der Waals surface area contributed by atoms with Gasteiger partial charge in [0, 0.05) is 18.7 Å². The topological polar surface area (TPSA) is 86.6 Å². The smallest absolute Gasteiger partial charge is 0.328 e. The van der Waals surface area contributed by atoms with Crippen LogP contribution in [0.2, 0.25) is 0 Å². The van der Waals surface area contributed by atoms with Gasteiger partial charge in [-0.1, -0.05) is 19.8 Å². The van der Waals surface area contributed by atoms with E-state index in [-0.39, 0.29) is 6.54 Å². The van der Waals surface area contributed by atoms with Gasteiger partial charge < -0.3 is 15.5 Å².